The summed E-state index contributed by atoms with van der Waals surface area (Å²) in [6, 6.07) is 18.8. The lowest BCUT2D eigenvalue weighted by atomic mass is 10.2. The minimum Gasteiger partial charge on any atom is -0.324 e. The third-order valence-corrected chi connectivity index (χ3v) is 8.26. The third-order valence-electron chi connectivity index (χ3n) is 5.55. The lowest BCUT2D eigenvalue weighted by Crippen LogP contribution is -2.38. The fourth-order valence-electron chi connectivity index (χ4n) is 3.75. The number of anilines is 2. The maximum absolute atomic E-state index is 13.5. The molecule has 0 aliphatic carbocycles. The Hall–Kier alpha value is -3.43. The number of hydrogen-bond acceptors (Lipinski definition) is 5. The molecule has 7 nitrogen and oxygen atoms in total. The quantitative estimate of drug-likeness (QED) is 0.408. The van der Waals surface area contributed by atoms with Gasteiger partial charge in [-0.3, -0.25) is 18.5 Å². The second kappa shape index (κ2) is 9.44. The number of nitrogens with zero attached hydrogens (tertiary/aromatic N) is 2. The van der Waals surface area contributed by atoms with Crippen molar-refractivity contribution in [2.45, 2.75) is 32.2 Å². The number of rotatable bonds is 7. The van der Waals surface area contributed by atoms with Crippen molar-refractivity contribution in [1.82, 2.24) is 4.57 Å². The van der Waals surface area contributed by atoms with Crippen LogP contribution in [0, 0.1) is 13.8 Å². The molecule has 0 fully saturated rings. The minimum atomic E-state index is -3.99. The smallest absolute Gasteiger partial charge is 0.308 e. The van der Waals surface area contributed by atoms with Gasteiger partial charge in [-0.15, -0.1) is 0 Å². The molecule has 34 heavy (non-hydrogen) atoms. The van der Waals surface area contributed by atoms with Crippen molar-refractivity contribution in [3.05, 3.63) is 87.5 Å². The molecule has 9 heteroatoms. The highest BCUT2D eigenvalue weighted by Crippen LogP contribution is 2.27. The van der Waals surface area contributed by atoms with E-state index in [1.807, 2.05) is 19.9 Å². The van der Waals surface area contributed by atoms with Crippen LogP contribution in [0.2, 0.25) is 0 Å². The molecule has 1 heterocycles. The van der Waals surface area contributed by atoms with Crippen LogP contribution in [0.15, 0.2) is 76.4 Å². The molecule has 0 bridgehead atoms. The summed E-state index contributed by atoms with van der Waals surface area (Å²) in [6.45, 7) is 5.75. The fraction of sp³-hybridized carbons (Fsp3) is 0.200. The van der Waals surface area contributed by atoms with Gasteiger partial charge >= 0.3 is 4.87 Å². The van der Waals surface area contributed by atoms with Crippen LogP contribution < -0.4 is 14.5 Å². The van der Waals surface area contributed by atoms with E-state index in [9.17, 15) is 18.0 Å². The molecule has 0 spiro atoms. The van der Waals surface area contributed by atoms with Gasteiger partial charge in [0.1, 0.15) is 6.54 Å². The molecule has 0 unspecified atom stereocenters. The van der Waals surface area contributed by atoms with E-state index in [2.05, 4.69) is 5.32 Å². The Morgan fingerprint density at radius 2 is 1.74 bits per heavy atom. The molecular formula is C25H25N3O4S2. The number of nitrogens with one attached hydrogen (secondary N) is 1. The molecule has 0 saturated heterocycles. The fourth-order valence-corrected chi connectivity index (χ4v) is 6.23. The number of carbonyl (C=O) groups is 1. The number of aromatic nitrogens is 1. The second-order valence-electron chi connectivity index (χ2n) is 7.95. The monoisotopic (exact) mass is 495 g/mol. The van der Waals surface area contributed by atoms with E-state index in [-0.39, 0.29) is 9.77 Å². The summed E-state index contributed by atoms with van der Waals surface area (Å²) < 4.78 is 30.6. The van der Waals surface area contributed by atoms with Gasteiger partial charge < -0.3 is 5.32 Å². The van der Waals surface area contributed by atoms with E-state index in [1.54, 1.807) is 72.2 Å². The van der Waals surface area contributed by atoms with Gasteiger partial charge in [0.25, 0.3) is 10.0 Å². The number of sulfonamides is 1. The Bertz CT molecular complexity index is 1520. The molecule has 3 aromatic carbocycles. The first kappa shape index (κ1) is 23.7. The Balaban J connectivity index is 1.66. The van der Waals surface area contributed by atoms with Gasteiger partial charge in [-0.05, 0) is 62.7 Å². The molecule has 1 N–H and O–H groups in total. The standard InChI is InChI=1S/C25H25N3O4S2/c1-4-27-22-14-11-19(15-23(22)33-25(27)30)26-24(29)16-28(21-8-6-5-7-18(21)3)34(31,32)20-12-9-17(2)10-13-20/h5-15H,4,16H2,1-3H3,(H,26,29). The number of carbonyl (C=O) groups excluding carboxylic acids is 1. The summed E-state index contributed by atoms with van der Waals surface area (Å²) in [7, 11) is -3.99. The van der Waals surface area contributed by atoms with Gasteiger partial charge in [0.2, 0.25) is 5.91 Å². The van der Waals surface area contributed by atoms with E-state index >= 15 is 0 Å². The lowest BCUT2D eigenvalue weighted by Gasteiger charge is -2.25. The Labute approximate surface area is 202 Å². The number of fused-ring (bicyclic) bond motifs is 1. The number of hydrogen-bond donors (Lipinski definition) is 1. The number of amides is 1. The Morgan fingerprint density at radius 1 is 1.03 bits per heavy atom. The predicted octanol–water partition coefficient (Wildman–Crippen LogP) is 4.53. The largest absolute Gasteiger partial charge is 0.324 e. The van der Waals surface area contributed by atoms with Gasteiger partial charge in [-0.1, -0.05) is 47.2 Å². The van der Waals surface area contributed by atoms with Gasteiger partial charge in [0.15, 0.2) is 0 Å². The van der Waals surface area contributed by atoms with Crippen LogP contribution in [0.4, 0.5) is 11.4 Å². The van der Waals surface area contributed by atoms with Crippen LogP contribution in [-0.2, 0) is 21.4 Å². The predicted molar refractivity (Wildman–Crippen MR) is 137 cm³/mol. The molecule has 1 amide bonds. The molecule has 4 aromatic rings. The van der Waals surface area contributed by atoms with Crippen molar-refractivity contribution < 1.29 is 13.2 Å². The van der Waals surface area contributed by atoms with Gasteiger partial charge in [-0.25, -0.2) is 8.42 Å². The molecular weight excluding hydrogens is 470 g/mol. The lowest BCUT2D eigenvalue weighted by molar-refractivity contribution is -0.114. The normalized spacial score (nSPS) is 11.5. The molecule has 0 aliphatic rings. The van der Waals surface area contributed by atoms with E-state index in [1.165, 1.54) is 0 Å². The molecule has 0 atom stereocenters. The topological polar surface area (TPSA) is 88.5 Å². The van der Waals surface area contributed by atoms with Gasteiger partial charge in [0.05, 0.1) is 20.8 Å². The Kier molecular flexibility index (Phi) is 6.58. The van der Waals surface area contributed by atoms with Crippen LogP contribution in [0.3, 0.4) is 0 Å². The highest BCUT2D eigenvalue weighted by atomic mass is 32.2. The first-order valence-electron chi connectivity index (χ1n) is 10.8. The van der Waals surface area contributed by atoms with Gasteiger partial charge in [0, 0.05) is 12.2 Å². The summed E-state index contributed by atoms with van der Waals surface area (Å²) in [5, 5.41) is 2.78. The Morgan fingerprint density at radius 3 is 2.41 bits per heavy atom. The molecule has 1 aromatic heterocycles. The van der Waals surface area contributed by atoms with E-state index in [0.29, 0.717) is 17.9 Å². The first-order valence-corrected chi connectivity index (χ1v) is 13.0. The highest BCUT2D eigenvalue weighted by molar-refractivity contribution is 7.92. The molecule has 4 rings (SSSR count). The van der Waals surface area contributed by atoms with Crippen molar-refractivity contribution in [3.63, 3.8) is 0 Å². The summed E-state index contributed by atoms with van der Waals surface area (Å²) >= 11 is 1.11. The van der Waals surface area contributed by atoms with E-state index in [4.69, 9.17) is 0 Å². The van der Waals surface area contributed by atoms with Crippen molar-refractivity contribution in [2.24, 2.45) is 0 Å². The number of aryl methyl sites for hydroxylation is 3. The summed E-state index contributed by atoms with van der Waals surface area (Å²) in [5.41, 5.74) is 3.41. The van der Waals surface area contributed by atoms with E-state index in [0.717, 1.165) is 37.0 Å². The average molecular weight is 496 g/mol. The third kappa shape index (κ3) is 4.62. The van der Waals surface area contributed by atoms with Crippen LogP contribution in [0.1, 0.15) is 18.1 Å². The maximum atomic E-state index is 13.5. The zero-order valence-corrected chi connectivity index (χ0v) is 20.7. The number of benzene rings is 3. The summed E-state index contributed by atoms with van der Waals surface area (Å²) in [6.07, 6.45) is 0. The number of para-hydroxylation sites is 1. The van der Waals surface area contributed by atoms with Crippen LogP contribution in [0.5, 0.6) is 0 Å². The molecule has 176 valence electrons. The highest BCUT2D eigenvalue weighted by Gasteiger charge is 2.28. The van der Waals surface area contributed by atoms with Crippen molar-refractivity contribution in [2.75, 3.05) is 16.2 Å². The summed E-state index contributed by atoms with van der Waals surface area (Å²) in [4.78, 5) is 25.2. The SMILES string of the molecule is CCn1c(=O)sc2cc(NC(=O)CN(c3ccccc3C)S(=O)(=O)c3ccc(C)cc3)ccc21. The van der Waals surface area contributed by atoms with Gasteiger partial charge in [-0.2, -0.15) is 0 Å². The van der Waals surface area contributed by atoms with Crippen molar-refractivity contribution >= 4 is 48.9 Å². The van der Waals surface area contributed by atoms with Crippen LogP contribution in [-0.4, -0.2) is 25.4 Å². The van der Waals surface area contributed by atoms with Crippen LogP contribution >= 0.6 is 11.3 Å². The van der Waals surface area contributed by atoms with Crippen molar-refractivity contribution in [1.29, 1.82) is 0 Å². The van der Waals surface area contributed by atoms with Crippen molar-refractivity contribution in [3.8, 4) is 0 Å². The minimum absolute atomic E-state index is 0.0594. The zero-order valence-electron chi connectivity index (χ0n) is 19.1. The average Bonchev–Trinajstić information content (AvgIpc) is 3.12. The second-order valence-corrected chi connectivity index (χ2v) is 10.8. The zero-order chi connectivity index (χ0) is 24.5. The van der Waals surface area contributed by atoms with Crippen LogP contribution in [0.25, 0.3) is 10.2 Å². The first-order chi connectivity index (χ1) is 16.2. The number of thiazole rings is 1. The maximum Gasteiger partial charge on any atom is 0.308 e. The summed E-state index contributed by atoms with van der Waals surface area (Å²) in [5.74, 6) is -0.486. The van der Waals surface area contributed by atoms with E-state index < -0.39 is 22.5 Å². The molecule has 0 saturated carbocycles. The molecule has 0 radical (unpaired) electrons. The molecule has 0 aliphatic heterocycles.